The molecule has 4 nitrogen and oxygen atoms in total. The van der Waals surface area contributed by atoms with Crippen LogP contribution in [-0.4, -0.2) is 21.7 Å². The Hall–Kier alpha value is -2.47. The fourth-order valence-electron chi connectivity index (χ4n) is 2.97. The van der Waals surface area contributed by atoms with Crippen LogP contribution in [0.1, 0.15) is 30.3 Å². The molecular formula is C19H18FNO3S. The zero-order valence-electron chi connectivity index (χ0n) is 13.9. The Balaban J connectivity index is 2.11. The van der Waals surface area contributed by atoms with Gasteiger partial charge in [-0.05, 0) is 17.5 Å². The minimum absolute atomic E-state index is 0.0262. The molecule has 0 spiro atoms. The highest BCUT2D eigenvalue weighted by atomic mass is 32.1. The van der Waals surface area contributed by atoms with Crippen LogP contribution in [0.2, 0.25) is 0 Å². The first-order valence-electron chi connectivity index (χ1n) is 7.97. The van der Waals surface area contributed by atoms with Gasteiger partial charge < -0.3 is 10.0 Å². The van der Waals surface area contributed by atoms with E-state index in [9.17, 15) is 19.1 Å². The number of hydrogen-bond donors (Lipinski definition) is 1. The zero-order valence-corrected chi connectivity index (χ0v) is 14.7. The maximum absolute atomic E-state index is 14.4. The van der Waals surface area contributed by atoms with Crippen molar-refractivity contribution in [3.63, 3.8) is 0 Å². The SMILES string of the molecule is CC(C)C(=O)C1=C(O)C(=O)N(Cc2cccs2)C1c1ccccc1F. The number of hydrogen-bond acceptors (Lipinski definition) is 4. The number of aliphatic hydroxyl groups is 1. The average molecular weight is 359 g/mol. The molecule has 1 aromatic heterocycles. The summed E-state index contributed by atoms with van der Waals surface area (Å²) in [7, 11) is 0. The predicted octanol–water partition coefficient (Wildman–Crippen LogP) is 4.01. The number of aliphatic hydroxyl groups excluding tert-OH is 1. The molecule has 0 saturated carbocycles. The molecule has 0 aliphatic carbocycles. The lowest BCUT2D eigenvalue weighted by atomic mass is 9.91. The van der Waals surface area contributed by atoms with E-state index in [1.807, 2.05) is 17.5 Å². The Morgan fingerprint density at radius 2 is 2.00 bits per heavy atom. The van der Waals surface area contributed by atoms with Gasteiger partial charge in [-0.2, -0.15) is 0 Å². The highest BCUT2D eigenvalue weighted by Gasteiger charge is 2.44. The second-order valence-corrected chi connectivity index (χ2v) is 7.25. The molecule has 1 amide bonds. The van der Waals surface area contributed by atoms with Crippen LogP contribution in [0.25, 0.3) is 0 Å². The monoisotopic (exact) mass is 359 g/mol. The molecule has 1 aliphatic heterocycles. The number of rotatable bonds is 5. The molecule has 2 aromatic rings. The van der Waals surface area contributed by atoms with Gasteiger partial charge in [-0.3, -0.25) is 9.59 Å². The van der Waals surface area contributed by atoms with Gasteiger partial charge in [-0.25, -0.2) is 4.39 Å². The van der Waals surface area contributed by atoms with Crippen molar-refractivity contribution in [3.8, 4) is 0 Å². The highest BCUT2D eigenvalue weighted by Crippen LogP contribution is 2.40. The van der Waals surface area contributed by atoms with Crippen LogP contribution >= 0.6 is 11.3 Å². The van der Waals surface area contributed by atoms with E-state index in [4.69, 9.17) is 0 Å². The molecule has 0 radical (unpaired) electrons. The molecule has 130 valence electrons. The van der Waals surface area contributed by atoms with E-state index < -0.39 is 29.4 Å². The zero-order chi connectivity index (χ0) is 18.1. The summed E-state index contributed by atoms with van der Waals surface area (Å²) in [5.74, 6) is -2.51. The Bertz CT molecular complexity index is 842. The number of benzene rings is 1. The summed E-state index contributed by atoms with van der Waals surface area (Å²) in [6, 6.07) is 8.82. The number of amides is 1. The highest BCUT2D eigenvalue weighted by molar-refractivity contribution is 7.09. The molecule has 1 aliphatic rings. The van der Waals surface area contributed by atoms with E-state index >= 15 is 0 Å². The van der Waals surface area contributed by atoms with Crippen molar-refractivity contribution >= 4 is 23.0 Å². The molecule has 0 saturated heterocycles. The van der Waals surface area contributed by atoms with E-state index in [2.05, 4.69) is 0 Å². The number of thiophene rings is 1. The third kappa shape index (κ3) is 3.09. The van der Waals surface area contributed by atoms with Crippen LogP contribution in [0.4, 0.5) is 4.39 Å². The molecule has 1 unspecified atom stereocenters. The molecule has 0 bridgehead atoms. The molecular weight excluding hydrogens is 341 g/mol. The van der Waals surface area contributed by atoms with Crippen LogP contribution in [0, 0.1) is 11.7 Å². The summed E-state index contributed by atoms with van der Waals surface area (Å²) >= 11 is 1.46. The average Bonchev–Trinajstić information content (AvgIpc) is 3.17. The van der Waals surface area contributed by atoms with Gasteiger partial charge in [0, 0.05) is 16.4 Å². The first kappa shape index (κ1) is 17.4. The van der Waals surface area contributed by atoms with Crippen LogP contribution < -0.4 is 0 Å². The number of nitrogens with zero attached hydrogens (tertiary/aromatic N) is 1. The normalized spacial score (nSPS) is 17.7. The van der Waals surface area contributed by atoms with Gasteiger partial charge in [0.25, 0.3) is 5.91 Å². The van der Waals surface area contributed by atoms with Gasteiger partial charge in [0.05, 0.1) is 18.2 Å². The van der Waals surface area contributed by atoms with Gasteiger partial charge in [0.15, 0.2) is 11.5 Å². The van der Waals surface area contributed by atoms with Gasteiger partial charge in [-0.1, -0.05) is 38.1 Å². The summed E-state index contributed by atoms with van der Waals surface area (Å²) < 4.78 is 14.4. The fourth-order valence-corrected chi connectivity index (χ4v) is 3.67. The topological polar surface area (TPSA) is 57.6 Å². The lowest BCUT2D eigenvalue weighted by Gasteiger charge is -2.27. The Morgan fingerprint density at radius 1 is 1.28 bits per heavy atom. The Labute approximate surface area is 149 Å². The number of ketones is 1. The summed E-state index contributed by atoms with van der Waals surface area (Å²) in [5, 5.41) is 12.2. The molecule has 1 aromatic carbocycles. The lowest BCUT2D eigenvalue weighted by molar-refractivity contribution is -0.130. The van der Waals surface area contributed by atoms with E-state index in [1.165, 1.54) is 22.3 Å². The van der Waals surface area contributed by atoms with E-state index in [-0.39, 0.29) is 23.5 Å². The van der Waals surface area contributed by atoms with Crippen molar-refractivity contribution in [3.05, 3.63) is 69.4 Å². The molecule has 0 fully saturated rings. The molecule has 2 heterocycles. The van der Waals surface area contributed by atoms with Crippen molar-refractivity contribution in [2.75, 3.05) is 0 Å². The van der Waals surface area contributed by atoms with Crippen molar-refractivity contribution in [2.45, 2.75) is 26.4 Å². The third-order valence-electron chi connectivity index (χ3n) is 4.20. The number of Topliss-reactive ketones (excluding diaryl/α,β-unsaturated/α-hetero) is 1. The van der Waals surface area contributed by atoms with Crippen molar-refractivity contribution < 1.29 is 19.1 Å². The second kappa shape index (κ2) is 6.80. The van der Waals surface area contributed by atoms with Crippen molar-refractivity contribution in [1.82, 2.24) is 4.90 Å². The quantitative estimate of drug-likeness (QED) is 0.878. The van der Waals surface area contributed by atoms with Gasteiger partial charge in [0.1, 0.15) is 5.82 Å². The van der Waals surface area contributed by atoms with Crippen LogP contribution in [0.3, 0.4) is 0 Å². The Kier molecular flexibility index (Phi) is 4.72. The number of carbonyl (C=O) groups excluding carboxylic acids is 2. The maximum Gasteiger partial charge on any atom is 0.290 e. The summed E-state index contributed by atoms with van der Waals surface area (Å²) in [5.41, 5.74) is 0.183. The predicted molar refractivity (Wildman–Crippen MR) is 93.5 cm³/mol. The van der Waals surface area contributed by atoms with Crippen LogP contribution in [-0.2, 0) is 16.1 Å². The first-order chi connectivity index (χ1) is 11.9. The van der Waals surface area contributed by atoms with Gasteiger partial charge >= 0.3 is 0 Å². The van der Waals surface area contributed by atoms with Gasteiger partial charge in [0.2, 0.25) is 0 Å². The van der Waals surface area contributed by atoms with E-state index in [0.717, 1.165) is 4.88 Å². The molecule has 3 rings (SSSR count). The van der Waals surface area contributed by atoms with Gasteiger partial charge in [-0.15, -0.1) is 11.3 Å². The van der Waals surface area contributed by atoms with Crippen molar-refractivity contribution in [2.24, 2.45) is 5.92 Å². The fraction of sp³-hybridized carbons (Fsp3) is 0.263. The van der Waals surface area contributed by atoms with E-state index in [1.54, 1.807) is 32.0 Å². The molecule has 6 heteroatoms. The summed E-state index contributed by atoms with van der Waals surface area (Å²) in [6.45, 7) is 3.58. The molecule has 25 heavy (non-hydrogen) atoms. The minimum atomic E-state index is -0.925. The lowest BCUT2D eigenvalue weighted by Crippen LogP contribution is -2.31. The third-order valence-corrected chi connectivity index (χ3v) is 5.06. The first-order valence-corrected chi connectivity index (χ1v) is 8.85. The number of halogens is 1. The number of carbonyl (C=O) groups is 2. The van der Waals surface area contributed by atoms with Crippen LogP contribution in [0.15, 0.2) is 53.1 Å². The van der Waals surface area contributed by atoms with Crippen LogP contribution in [0.5, 0.6) is 0 Å². The smallest absolute Gasteiger partial charge is 0.290 e. The largest absolute Gasteiger partial charge is 0.503 e. The Morgan fingerprint density at radius 3 is 2.60 bits per heavy atom. The second-order valence-electron chi connectivity index (χ2n) is 6.22. The summed E-state index contributed by atoms with van der Waals surface area (Å²) in [4.78, 5) is 27.5. The standard InChI is InChI=1S/C19H18FNO3S/c1-11(2)17(22)15-16(13-7-3-4-8-14(13)20)21(19(24)18(15)23)10-12-6-5-9-25-12/h3-9,11,16,23H,10H2,1-2H3. The molecule has 1 N–H and O–H groups in total. The van der Waals surface area contributed by atoms with E-state index in [0.29, 0.717) is 0 Å². The minimum Gasteiger partial charge on any atom is -0.503 e. The summed E-state index contributed by atoms with van der Waals surface area (Å²) in [6.07, 6.45) is 0. The molecule has 1 atom stereocenters. The maximum atomic E-state index is 14.4. The van der Waals surface area contributed by atoms with Crippen molar-refractivity contribution in [1.29, 1.82) is 0 Å².